The number of anilines is 1. The highest BCUT2D eigenvalue weighted by Crippen LogP contribution is 2.45. The Hall–Kier alpha value is -4.49. The quantitative estimate of drug-likeness (QED) is 0.0695. The normalized spacial score (nSPS) is 20.3. The van der Waals surface area contributed by atoms with Crippen molar-refractivity contribution in [1.29, 1.82) is 0 Å². The minimum Gasteiger partial charge on any atom is -0.395 e. The summed E-state index contributed by atoms with van der Waals surface area (Å²) in [6, 6.07) is 8.35. The van der Waals surface area contributed by atoms with Gasteiger partial charge in [-0.3, -0.25) is 34.2 Å². The molecule has 17 nitrogen and oxygen atoms in total. The maximum Gasteiger partial charge on any atom is 0.260 e. The second-order valence-corrected chi connectivity index (χ2v) is 26.2. The minimum absolute atomic E-state index is 0.0151. The molecule has 1 saturated carbocycles. The lowest BCUT2D eigenvalue weighted by Crippen LogP contribution is -2.81. The number of likely N-dealkylation sites (tertiary alicyclic amines) is 3. The van der Waals surface area contributed by atoms with Gasteiger partial charge in [0, 0.05) is 125 Å². The van der Waals surface area contributed by atoms with E-state index in [9.17, 15) is 9.90 Å². The summed E-state index contributed by atoms with van der Waals surface area (Å²) in [5.74, 6) is -0.333. The van der Waals surface area contributed by atoms with Gasteiger partial charge in [0.2, 0.25) is 11.8 Å². The number of aliphatic hydroxyl groups is 1. The Labute approximate surface area is 492 Å². The number of aldehydes is 1. The van der Waals surface area contributed by atoms with E-state index in [4.69, 9.17) is 19.3 Å². The third-order valence-corrected chi connectivity index (χ3v) is 18.7. The molecule has 5 aliphatic heterocycles. The second-order valence-electron chi connectivity index (χ2n) is 26.2. The summed E-state index contributed by atoms with van der Waals surface area (Å²) < 4.78 is 14.1. The molecule has 9 rings (SSSR count). The first-order chi connectivity index (χ1) is 39.2. The number of hydrogen-bond donors (Lipinski definition) is 3. The number of nitrogens with zero attached hydrogens (tertiary/aromatic N) is 8. The highest BCUT2D eigenvalue weighted by Gasteiger charge is 2.59. The molecule has 458 valence electrons. The topological polar surface area (TPSA) is 168 Å². The molecule has 2 aromatic heterocycles. The summed E-state index contributed by atoms with van der Waals surface area (Å²) in [5.41, 5.74) is 11.0. The smallest absolute Gasteiger partial charge is 0.260 e. The summed E-state index contributed by atoms with van der Waals surface area (Å²) in [7, 11) is 1.74. The van der Waals surface area contributed by atoms with Crippen LogP contribution in [0.2, 0.25) is 0 Å². The predicted molar refractivity (Wildman–Crippen MR) is 329 cm³/mol. The van der Waals surface area contributed by atoms with Crippen molar-refractivity contribution in [1.82, 2.24) is 44.9 Å². The number of fused-ring (bicyclic) bond motifs is 1. The monoisotopic (exact) mass is 1140 g/mol. The third-order valence-electron chi connectivity index (χ3n) is 18.7. The number of ether oxygens (including phenoxy) is 2. The van der Waals surface area contributed by atoms with Gasteiger partial charge in [0.1, 0.15) is 12.3 Å². The second kappa shape index (κ2) is 28.6. The third kappa shape index (κ3) is 14.6. The van der Waals surface area contributed by atoms with Gasteiger partial charge in [-0.05, 0) is 145 Å². The van der Waals surface area contributed by atoms with Crippen LogP contribution in [-0.4, -0.2) is 192 Å². The molecule has 6 aliphatic rings. The summed E-state index contributed by atoms with van der Waals surface area (Å²) in [6.07, 6.45) is 12.7. The van der Waals surface area contributed by atoms with Crippen LogP contribution in [-0.2, 0) is 41.6 Å². The lowest BCUT2D eigenvalue weighted by atomic mass is 9.74. The Kier molecular flexibility index (Phi) is 22.7. The van der Waals surface area contributed by atoms with E-state index in [0.29, 0.717) is 52.5 Å². The maximum atomic E-state index is 15.2. The number of benzene rings is 1. The van der Waals surface area contributed by atoms with Crippen molar-refractivity contribution in [2.45, 2.75) is 190 Å². The molecule has 2 spiro atoms. The zero-order chi connectivity index (χ0) is 59.7. The van der Waals surface area contributed by atoms with Gasteiger partial charge in [-0.15, -0.1) is 0 Å². The summed E-state index contributed by atoms with van der Waals surface area (Å²) >= 11 is 0. The first kappa shape index (κ1) is 65.1. The number of rotatable bonds is 25. The fourth-order valence-electron chi connectivity index (χ4n) is 13.7. The lowest BCUT2D eigenvalue weighted by Gasteiger charge is -2.64. The van der Waals surface area contributed by atoms with Crippen molar-refractivity contribution in [2.24, 2.45) is 22.7 Å². The molecular weight excluding hydrogens is 1030 g/mol. The predicted octanol–water partition coefficient (Wildman–Crippen LogP) is 8.27. The van der Waals surface area contributed by atoms with Crippen LogP contribution in [0.1, 0.15) is 157 Å². The Morgan fingerprint density at radius 3 is 2.18 bits per heavy atom. The number of aryl methyl sites for hydroxylation is 2. The molecule has 5 atom stereocenters. The van der Waals surface area contributed by atoms with Crippen LogP contribution >= 0.6 is 0 Å². The molecule has 0 radical (unpaired) electrons. The molecule has 82 heavy (non-hydrogen) atoms. The van der Waals surface area contributed by atoms with E-state index in [1.807, 2.05) is 11.1 Å². The molecule has 3 N–H and O–H groups in total. The fraction of sp³-hybridized carbons (Fsp3) is 0.738. The van der Waals surface area contributed by atoms with Gasteiger partial charge in [-0.1, -0.05) is 61.8 Å². The number of hydrazine groups is 1. The minimum atomic E-state index is -0.834. The fourth-order valence-corrected chi connectivity index (χ4v) is 13.7. The summed E-state index contributed by atoms with van der Waals surface area (Å²) in [4.78, 5) is 67.8. The van der Waals surface area contributed by atoms with E-state index in [2.05, 4.69) is 135 Å². The van der Waals surface area contributed by atoms with Crippen LogP contribution < -0.4 is 15.6 Å². The Balaban J connectivity index is 0.000000661. The van der Waals surface area contributed by atoms with Gasteiger partial charge in [0.25, 0.3) is 5.91 Å². The van der Waals surface area contributed by atoms with Crippen LogP contribution in [0.15, 0.2) is 30.5 Å². The average Bonchev–Trinajstić information content (AvgIpc) is 1.77. The van der Waals surface area contributed by atoms with Crippen molar-refractivity contribution in [2.75, 3.05) is 104 Å². The number of carbonyl (C=O) groups excluding carboxylic acids is 4. The van der Waals surface area contributed by atoms with Gasteiger partial charge in [0.15, 0.2) is 0 Å². The van der Waals surface area contributed by atoms with Crippen molar-refractivity contribution in [3.8, 4) is 11.3 Å². The van der Waals surface area contributed by atoms with Gasteiger partial charge < -0.3 is 44.0 Å². The zero-order valence-electron chi connectivity index (χ0n) is 53.0. The van der Waals surface area contributed by atoms with Gasteiger partial charge in [0.05, 0.1) is 48.9 Å². The maximum absolute atomic E-state index is 15.2. The van der Waals surface area contributed by atoms with Crippen molar-refractivity contribution in [3.63, 3.8) is 0 Å². The summed E-state index contributed by atoms with van der Waals surface area (Å²) in [6.45, 7) is 37.9. The van der Waals surface area contributed by atoms with Crippen LogP contribution in [0.5, 0.6) is 0 Å². The van der Waals surface area contributed by atoms with Crippen LogP contribution in [0.25, 0.3) is 22.2 Å². The highest BCUT2D eigenvalue weighted by atomic mass is 16.5. The van der Waals surface area contributed by atoms with Crippen LogP contribution in [0.3, 0.4) is 0 Å². The standard InChI is InChI=1S/C54H83N9O6.C9H19N.C2H4O/c1-12-52(9,10)26-43-41-25-40(16-17-44(41)61(13-2)49(43)42-24-36(5)27-55-45(42)38(7)68-11)58(22-23-64)28-37(6)48(60-29-53(30-60)33-69-34-53)46(51(67)63-20-15-14-19-56-63)57-50(66)47(35(3)4)62-21-18-54(62)31-59(32-54)39(8)65;1-3-7-10(8-4-2)9-5-6-9;1-2-3/h16-17,24-25,27,35,37-38,46-48,56,64H,12-15,18-23,26,28-34H2,1-11H3,(H,57,66);9H,3-8H2,1-2H3;2H,1H3. The Morgan fingerprint density at radius 1 is 0.988 bits per heavy atom. The molecule has 5 unspecified atom stereocenters. The molecular formula is C65H106N10O7. The molecule has 7 heterocycles. The lowest BCUT2D eigenvalue weighted by molar-refractivity contribution is -0.205. The SMILES string of the molecule is CC=O.CCCN(CCC)C1CC1.CCn1c(-c2cc(C)cnc2C(C)OC)c(CC(C)(C)CC)c2cc(N(CCO)CC(C)C(C(NC(=O)C(C(C)C)N3CCC34CN(C(C)=O)C4)C(=O)N3CCCCN3)N3CC4(COC4)C3)ccc21. The number of aliphatic hydroxyl groups excluding tert-OH is 1. The largest absolute Gasteiger partial charge is 0.395 e. The van der Waals surface area contributed by atoms with E-state index in [1.165, 1.54) is 62.3 Å². The molecule has 3 aromatic rings. The van der Waals surface area contributed by atoms with Gasteiger partial charge >= 0.3 is 0 Å². The number of hydrogen-bond acceptors (Lipinski definition) is 13. The number of pyridine rings is 1. The van der Waals surface area contributed by atoms with Crippen molar-refractivity contribution < 1.29 is 33.8 Å². The van der Waals surface area contributed by atoms with E-state index in [1.54, 1.807) is 19.0 Å². The first-order valence-corrected chi connectivity index (χ1v) is 31.5. The Bertz CT molecular complexity index is 2590. The summed E-state index contributed by atoms with van der Waals surface area (Å²) in [5, 5.41) is 17.2. The number of amides is 3. The van der Waals surface area contributed by atoms with Crippen molar-refractivity contribution in [3.05, 3.63) is 47.3 Å². The molecule has 6 fully saturated rings. The number of methoxy groups -OCH3 is 1. The average molecular weight is 1140 g/mol. The molecule has 1 aromatic carbocycles. The first-order valence-electron chi connectivity index (χ1n) is 31.5. The number of carbonyl (C=O) groups is 4. The molecule has 0 bridgehead atoms. The molecule has 1 aliphatic carbocycles. The zero-order valence-corrected chi connectivity index (χ0v) is 53.0. The van der Waals surface area contributed by atoms with Crippen molar-refractivity contribution >= 4 is 40.6 Å². The highest BCUT2D eigenvalue weighted by molar-refractivity contribution is 5.95. The molecule has 17 heteroatoms. The van der Waals surface area contributed by atoms with E-state index in [0.717, 1.165) is 98.6 Å². The Morgan fingerprint density at radius 2 is 1.67 bits per heavy atom. The molecule has 3 amide bonds. The van der Waals surface area contributed by atoms with Crippen LogP contribution in [0.4, 0.5) is 5.69 Å². The van der Waals surface area contributed by atoms with Gasteiger partial charge in [-0.25, -0.2) is 5.43 Å². The molecule has 5 saturated heterocycles. The number of aromatic nitrogens is 2. The van der Waals surface area contributed by atoms with Crippen LogP contribution in [0, 0.1) is 29.6 Å². The number of nitrogens with one attached hydrogen (secondary N) is 2. The van der Waals surface area contributed by atoms with E-state index in [-0.39, 0.29) is 64.7 Å². The van der Waals surface area contributed by atoms with E-state index >= 15 is 9.59 Å². The van der Waals surface area contributed by atoms with E-state index < -0.39 is 12.1 Å². The van der Waals surface area contributed by atoms with Gasteiger partial charge in [-0.2, -0.15) is 0 Å².